The van der Waals surface area contributed by atoms with Crippen LogP contribution in [-0.4, -0.2) is 24.6 Å². The molecule has 7 heteroatoms. The third-order valence-electron chi connectivity index (χ3n) is 3.07. The summed E-state index contributed by atoms with van der Waals surface area (Å²) in [5, 5.41) is 0.306. The van der Waals surface area contributed by atoms with E-state index in [0.29, 0.717) is 11.1 Å². The molecule has 0 saturated carbocycles. The van der Waals surface area contributed by atoms with Crippen molar-refractivity contribution >= 4 is 20.9 Å². The molecule has 0 bridgehead atoms. The van der Waals surface area contributed by atoms with Gasteiger partial charge in [0.15, 0.2) is 0 Å². The number of nitrogens with zero attached hydrogens (tertiary/aromatic N) is 2. The number of furan rings is 1. The van der Waals surface area contributed by atoms with Crippen molar-refractivity contribution in [2.24, 2.45) is 0 Å². The topological polar surface area (TPSA) is 73.1 Å². The van der Waals surface area contributed by atoms with Gasteiger partial charge in [0, 0.05) is 18.0 Å². The lowest BCUT2D eigenvalue weighted by atomic mass is 10.0. The van der Waals surface area contributed by atoms with Crippen molar-refractivity contribution < 1.29 is 17.2 Å². The molecule has 0 fully saturated rings. The normalized spacial score (nSPS) is 12.0. The maximum absolute atomic E-state index is 13.0. The summed E-state index contributed by atoms with van der Waals surface area (Å²) in [4.78, 5) is 7.79. The first-order valence-electron chi connectivity index (χ1n) is 6.08. The summed E-state index contributed by atoms with van der Waals surface area (Å²) >= 11 is 0. The zero-order valence-electron chi connectivity index (χ0n) is 11.3. The van der Waals surface area contributed by atoms with Crippen LogP contribution in [0.3, 0.4) is 0 Å². The first-order valence-corrected chi connectivity index (χ1v) is 7.97. The first kappa shape index (κ1) is 13.7. The van der Waals surface area contributed by atoms with E-state index in [1.54, 1.807) is 19.1 Å². The molecule has 0 N–H and O–H groups in total. The molecule has 108 valence electrons. The fraction of sp³-hybridized carbons (Fsp3) is 0.143. The minimum absolute atomic E-state index is 0.197. The number of hydrogen-bond acceptors (Lipinski definition) is 5. The Labute approximate surface area is 120 Å². The van der Waals surface area contributed by atoms with Gasteiger partial charge in [0.1, 0.15) is 11.6 Å². The summed E-state index contributed by atoms with van der Waals surface area (Å²) in [6, 6.07) is 5.94. The number of halogens is 1. The SMILES string of the molecule is Cc1oc2nc(S(C)(=O)=O)ncc2c1-c1ccc(F)cc1. The molecular formula is C14H11FN2O3S. The fourth-order valence-corrected chi connectivity index (χ4v) is 2.63. The average Bonchev–Trinajstić information content (AvgIpc) is 2.74. The molecule has 0 unspecified atom stereocenters. The van der Waals surface area contributed by atoms with Gasteiger partial charge in [-0.3, -0.25) is 0 Å². The van der Waals surface area contributed by atoms with Crippen molar-refractivity contribution in [1.29, 1.82) is 0 Å². The third kappa shape index (κ3) is 2.40. The number of hydrogen-bond donors (Lipinski definition) is 0. The van der Waals surface area contributed by atoms with Crippen molar-refractivity contribution in [2.45, 2.75) is 12.1 Å². The molecule has 1 aromatic carbocycles. The molecule has 0 spiro atoms. The van der Waals surface area contributed by atoms with E-state index in [0.717, 1.165) is 17.4 Å². The Kier molecular flexibility index (Phi) is 3.02. The maximum atomic E-state index is 13.0. The minimum atomic E-state index is -3.50. The van der Waals surface area contributed by atoms with E-state index in [1.165, 1.54) is 18.3 Å². The van der Waals surface area contributed by atoms with Gasteiger partial charge in [-0.05, 0) is 24.6 Å². The molecule has 3 rings (SSSR count). The summed E-state index contributed by atoms with van der Waals surface area (Å²) in [5.41, 5.74) is 1.68. The van der Waals surface area contributed by atoms with Gasteiger partial charge in [-0.2, -0.15) is 4.98 Å². The lowest BCUT2D eigenvalue weighted by Gasteiger charge is -2.00. The summed E-state index contributed by atoms with van der Waals surface area (Å²) < 4.78 is 41.5. The molecule has 0 aliphatic heterocycles. The van der Waals surface area contributed by atoms with Crippen LogP contribution in [-0.2, 0) is 9.84 Å². The molecule has 0 amide bonds. The molecule has 2 aromatic heterocycles. The van der Waals surface area contributed by atoms with Crippen molar-refractivity contribution in [3.63, 3.8) is 0 Å². The number of sulfone groups is 1. The highest BCUT2D eigenvalue weighted by atomic mass is 32.2. The fourth-order valence-electron chi connectivity index (χ4n) is 2.14. The Balaban J connectivity index is 2.25. The van der Waals surface area contributed by atoms with E-state index >= 15 is 0 Å². The zero-order chi connectivity index (χ0) is 15.2. The Morgan fingerprint density at radius 2 is 1.86 bits per heavy atom. The molecule has 21 heavy (non-hydrogen) atoms. The third-order valence-corrected chi connectivity index (χ3v) is 3.93. The minimum Gasteiger partial charge on any atom is -0.442 e. The highest BCUT2D eigenvalue weighted by molar-refractivity contribution is 7.90. The zero-order valence-corrected chi connectivity index (χ0v) is 12.1. The second-order valence-electron chi connectivity index (χ2n) is 4.68. The van der Waals surface area contributed by atoms with Crippen LogP contribution in [0.2, 0.25) is 0 Å². The largest absolute Gasteiger partial charge is 0.442 e. The molecule has 2 heterocycles. The van der Waals surface area contributed by atoms with Gasteiger partial charge in [-0.1, -0.05) is 12.1 Å². The van der Waals surface area contributed by atoms with Gasteiger partial charge in [-0.15, -0.1) is 0 Å². The smallest absolute Gasteiger partial charge is 0.250 e. The number of aromatic nitrogens is 2. The van der Waals surface area contributed by atoms with Gasteiger partial charge >= 0.3 is 0 Å². The Hall–Kier alpha value is -2.28. The molecule has 0 aliphatic rings. The van der Waals surface area contributed by atoms with Gasteiger partial charge < -0.3 is 4.42 Å². The summed E-state index contributed by atoms with van der Waals surface area (Å²) in [7, 11) is -3.50. The Bertz CT molecular complexity index is 931. The molecule has 5 nitrogen and oxygen atoms in total. The van der Waals surface area contributed by atoms with Gasteiger partial charge in [0.2, 0.25) is 20.7 Å². The van der Waals surface area contributed by atoms with E-state index in [-0.39, 0.29) is 16.7 Å². The van der Waals surface area contributed by atoms with Crippen molar-refractivity contribution in [2.75, 3.05) is 6.26 Å². The second-order valence-corrected chi connectivity index (χ2v) is 6.59. The lowest BCUT2D eigenvalue weighted by molar-refractivity contribution is 0.558. The van der Waals surface area contributed by atoms with Crippen LogP contribution in [0, 0.1) is 12.7 Å². The van der Waals surface area contributed by atoms with Gasteiger partial charge in [0.25, 0.3) is 0 Å². The average molecular weight is 306 g/mol. The summed E-state index contributed by atoms with van der Waals surface area (Å²) in [5.74, 6) is 0.233. The van der Waals surface area contributed by atoms with Crippen LogP contribution < -0.4 is 0 Å². The number of fused-ring (bicyclic) bond motifs is 1. The summed E-state index contributed by atoms with van der Waals surface area (Å²) in [6.45, 7) is 1.74. The van der Waals surface area contributed by atoms with Crippen LogP contribution >= 0.6 is 0 Å². The Morgan fingerprint density at radius 3 is 2.48 bits per heavy atom. The van der Waals surface area contributed by atoms with Crippen molar-refractivity contribution in [3.8, 4) is 11.1 Å². The van der Waals surface area contributed by atoms with Crippen LogP contribution in [0.5, 0.6) is 0 Å². The standard InChI is InChI=1S/C14H11FN2O3S/c1-8-12(9-3-5-10(15)6-4-9)11-7-16-14(21(2,18)19)17-13(11)20-8/h3-7H,1-2H3. The van der Waals surface area contributed by atoms with E-state index in [2.05, 4.69) is 9.97 Å². The van der Waals surface area contributed by atoms with Gasteiger partial charge in [0.05, 0.1) is 5.39 Å². The van der Waals surface area contributed by atoms with Crippen molar-refractivity contribution in [3.05, 3.63) is 42.0 Å². The van der Waals surface area contributed by atoms with Crippen LogP contribution in [0.4, 0.5) is 4.39 Å². The van der Waals surface area contributed by atoms with E-state index in [1.807, 2.05) is 0 Å². The van der Waals surface area contributed by atoms with E-state index in [9.17, 15) is 12.8 Å². The predicted molar refractivity (Wildman–Crippen MR) is 75.0 cm³/mol. The van der Waals surface area contributed by atoms with Crippen molar-refractivity contribution in [1.82, 2.24) is 9.97 Å². The highest BCUT2D eigenvalue weighted by Crippen LogP contribution is 2.33. The summed E-state index contributed by atoms with van der Waals surface area (Å²) in [6.07, 6.45) is 2.44. The number of rotatable bonds is 2. The molecule has 3 aromatic rings. The van der Waals surface area contributed by atoms with Crippen LogP contribution in [0.15, 0.2) is 40.0 Å². The second kappa shape index (κ2) is 4.63. The monoisotopic (exact) mass is 306 g/mol. The highest BCUT2D eigenvalue weighted by Gasteiger charge is 2.18. The lowest BCUT2D eigenvalue weighted by Crippen LogP contribution is -2.03. The van der Waals surface area contributed by atoms with Gasteiger partial charge in [-0.25, -0.2) is 17.8 Å². The van der Waals surface area contributed by atoms with E-state index in [4.69, 9.17) is 4.42 Å². The first-order chi connectivity index (χ1) is 9.86. The molecule has 0 atom stereocenters. The molecular weight excluding hydrogens is 295 g/mol. The maximum Gasteiger partial charge on any atom is 0.250 e. The number of aryl methyl sites for hydroxylation is 1. The molecule has 0 saturated heterocycles. The predicted octanol–water partition coefficient (Wildman–Crippen LogP) is 2.74. The quantitative estimate of drug-likeness (QED) is 0.681. The van der Waals surface area contributed by atoms with Crippen LogP contribution in [0.1, 0.15) is 5.76 Å². The molecule has 0 aliphatic carbocycles. The van der Waals surface area contributed by atoms with Crippen LogP contribution in [0.25, 0.3) is 22.2 Å². The number of benzene rings is 1. The Morgan fingerprint density at radius 1 is 1.19 bits per heavy atom. The molecule has 0 radical (unpaired) electrons. The van der Waals surface area contributed by atoms with E-state index < -0.39 is 9.84 Å².